The molecule has 1 atom stereocenters. The van der Waals surface area contributed by atoms with E-state index < -0.39 is 0 Å². The molecule has 0 radical (unpaired) electrons. The van der Waals surface area contributed by atoms with E-state index in [2.05, 4.69) is 57.2 Å². The maximum Gasteiger partial charge on any atom is 0.240 e. The molecule has 29 heavy (non-hydrogen) atoms. The van der Waals surface area contributed by atoms with Gasteiger partial charge in [0.1, 0.15) is 5.37 Å². The van der Waals surface area contributed by atoms with E-state index in [9.17, 15) is 4.79 Å². The van der Waals surface area contributed by atoms with Gasteiger partial charge in [-0.05, 0) is 68.4 Å². The van der Waals surface area contributed by atoms with E-state index in [0.29, 0.717) is 5.75 Å². The van der Waals surface area contributed by atoms with Crippen LogP contribution < -0.4 is 4.90 Å². The van der Waals surface area contributed by atoms with Gasteiger partial charge in [-0.25, -0.2) is 4.98 Å². The first-order valence-corrected chi connectivity index (χ1v) is 12.0. The predicted molar refractivity (Wildman–Crippen MR) is 123 cm³/mol. The van der Waals surface area contributed by atoms with Crippen LogP contribution in [0.1, 0.15) is 44.5 Å². The van der Waals surface area contributed by atoms with E-state index in [1.54, 1.807) is 23.1 Å². The second-order valence-electron chi connectivity index (χ2n) is 8.05. The minimum Gasteiger partial charge on any atom is -0.273 e. The van der Waals surface area contributed by atoms with Crippen LogP contribution in [-0.2, 0) is 17.6 Å². The zero-order chi connectivity index (χ0) is 20.1. The van der Waals surface area contributed by atoms with Gasteiger partial charge in [0.25, 0.3) is 0 Å². The Morgan fingerprint density at radius 3 is 2.59 bits per heavy atom. The van der Waals surface area contributed by atoms with Crippen LogP contribution in [0.4, 0.5) is 5.13 Å². The van der Waals surface area contributed by atoms with Gasteiger partial charge in [0.2, 0.25) is 5.91 Å². The molecule has 0 saturated carbocycles. The summed E-state index contributed by atoms with van der Waals surface area (Å²) in [6, 6.07) is 13.1. The summed E-state index contributed by atoms with van der Waals surface area (Å²) in [7, 11) is 0. The molecule has 148 valence electrons. The number of carbonyl (C=O) groups excluding carboxylic acids is 1. The van der Waals surface area contributed by atoms with Crippen LogP contribution in [-0.4, -0.2) is 16.6 Å². The van der Waals surface area contributed by atoms with Crippen molar-refractivity contribution in [2.24, 2.45) is 0 Å². The molecule has 3 nitrogen and oxygen atoms in total. The first-order chi connectivity index (χ1) is 14.0. The molecule has 2 aromatic carbocycles. The molecule has 3 aromatic rings. The van der Waals surface area contributed by atoms with Crippen molar-refractivity contribution in [3.05, 3.63) is 69.1 Å². The molecule has 0 spiro atoms. The SMILES string of the molecule is Cc1ccc(C2SCC(=O)N2c2nc3c(s2)CCCc2cc(C)c(C)cc2-3)cc1. The summed E-state index contributed by atoms with van der Waals surface area (Å²) in [4.78, 5) is 21.1. The zero-order valence-electron chi connectivity index (χ0n) is 17.0. The number of aryl methyl sites for hydroxylation is 5. The lowest BCUT2D eigenvalue weighted by Crippen LogP contribution is -2.27. The molecule has 2 aliphatic rings. The van der Waals surface area contributed by atoms with E-state index in [-0.39, 0.29) is 11.3 Å². The van der Waals surface area contributed by atoms with E-state index >= 15 is 0 Å². The molecule has 1 saturated heterocycles. The minimum absolute atomic E-state index is 0.0112. The summed E-state index contributed by atoms with van der Waals surface area (Å²) >= 11 is 3.40. The molecular formula is C24H24N2OS2. The molecule has 1 aliphatic heterocycles. The molecule has 0 N–H and O–H groups in total. The molecule has 1 unspecified atom stereocenters. The normalized spacial score (nSPS) is 18.5. The predicted octanol–water partition coefficient (Wildman–Crippen LogP) is 6.00. The number of amides is 1. The second-order valence-corrected chi connectivity index (χ2v) is 10.2. The number of aromatic nitrogens is 1. The summed E-state index contributed by atoms with van der Waals surface area (Å²) in [5, 5.41) is 0.860. The Balaban J connectivity index is 1.58. The van der Waals surface area contributed by atoms with Crippen LogP contribution in [0.25, 0.3) is 11.3 Å². The van der Waals surface area contributed by atoms with Gasteiger partial charge in [-0.1, -0.05) is 35.9 Å². The highest BCUT2D eigenvalue weighted by Crippen LogP contribution is 2.46. The number of nitrogens with zero attached hydrogens (tertiary/aromatic N) is 2. The Morgan fingerprint density at radius 2 is 1.79 bits per heavy atom. The molecule has 2 heterocycles. The third-order valence-electron chi connectivity index (χ3n) is 5.95. The standard InChI is InChI=1S/C24H24N2OS2/c1-14-7-9-17(10-8-14)23-26(21(27)13-28-23)24-25-22-19-12-16(3)15(2)11-18(19)5-4-6-20(22)29-24/h7-12,23H,4-6,13H2,1-3H3. The topological polar surface area (TPSA) is 33.2 Å². The largest absolute Gasteiger partial charge is 0.273 e. The van der Waals surface area contributed by atoms with Gasteiger partial charge in [-0.15, -0.1) is 23.1 Å². The number of thiazole rings is 1. The first kappa shape index (κ1) is 18.9. The van der Waals surface area contributed by atoms with Crippen molar-refractivity contribution >= 4 is 34.1 Å². The first-order valence-electron chi connectivity index (χ1n) is 10.1. The van der Waals surface area contributed by atoms with Crippen molar-refractivity contribution in [2.75, 3.05) is 10.7 Å². The van der Waals surface area contributed by atoms with Crippen LogP contribution in [0.15, 0.2) is 36.4 Å². The van der Waals surface area contributed by atoms with E-state index in [4.69, 9.17) is 4.98 Å². The molecule has 1 aromatic heterocycles. The van der Waals surface area contributed by atoms with Gasteiger partial charge in [-0.3, -0.25) is 9.69 Å². The molecule has 5 rings (SSSR count). The summed E-state index contributed by atoms with van der Waals surface area (Å²) in [6.07, 6.45) is 3.26. The highest BCUT2D eigenvalue weighted by Gasteiger charge is 2.37. The second kappa shape index (κ2) is 7.29. The monoisotopic (exact) mass is 420 g/mol. The quantitative estimate of drug-likeness (QED) is 0.509. The zero-order valence-corrected chi connectivity index (χ0v) is 18.6. The Bertz CT molecular complexity index is 1100. The molecule has 5 heteroatoms. The lowest BCUT2D eigenvalue weighted by molar-refractivity contribution is -0.115. The molecule has 1 aliphatic carbocycles. The summed E-state index contributed by atoms with van der Waals surface area (Å²) in [5.41, 5.74) is 8.79. The summed E-state index contributed by atoms with van der Waals surface area (Å²) in [5.74, 6) is 0.669. The van der Waals surface area contributed by atoms with Gasteiger partial charge in [-0.2, -0.15) is 0 Å². The maximum atomic E-state index is 12.8. The lowest BCUT2D eigenvalue weighted by atomic mass is 9.97. The Hall–Kier alpha value is -2.11. The van der Waals surface area contributed by atoms with E-state index in [1.165, 1.54) is 38.3 Å². The number of hydrogen-bond acceptors (Lipinski definition) is 4. The van der Waals surface area contributed by atoms with Crippen LogP contribution in [0.5, 0.6) is 0 Å². The minimum atomic E-state index is 0.0112. The average Bonchev–Trinajstić information content (AvgIpc) is 3.24. The number of rotatable bonds is 2. The molecule has 1 amide bonds. The van der Waals surface area contributed by atoms with Gasteiger partial charge in [0.15, 0.2) is 5.13 Å². The smallest absolute Gasteiger partial charge is 0.240 e. The van der Waals surface area contributed by atoms with Crippen LogP contribution in [0.2, 0.25) is 0 Å². The van der Waals surface area contributed by atoms with Gasteiger partial charge in [0.05, 0.1) is 11.4 Å². The van der Waals surface area contributed by atoms with Crippen molar-refractivity contribution in [2.45, 2.75) is 45.4 Å². The van der Waals surface area contributed by atoms with Crippen LogP contribution >= 0.6 is 23.1 Å². The van der Waals surface area contributed by atoms with E-state index in [1.807, 2.05) is 4.90 Å². The molecule has 1 fully saturated rings. The van der Waals surface area contributed by atoms with Crippen LogP contribution in [0.3, 0.4) is 0 Å². The third kappa shape index (κ3) is 3.30. The molecule has 0 bridgehead atoms. The van der Waals surface area contributed by atoms with Gasteiger partial charge in [0, 0.05) is 10.4 Å². The number of fused-ring (bicyclic) bond motifs is 3. The summed E-state index contributed by atoms with van der Waals surface area (Å²) < 4.78 is 0. The van der Waals surface area contributed by atoms with E-state index in [0.717, 1.165) is 30.1 Å². The fourth-order valence-electron chi connectivity index (χ4n) is 4.17. The highest BCUT2D eigenvalue weighted by atomic mass is 32.2. The highest BCUT2D eigenvalue weighted by molar-refractivity contribution is 8.00. The maximum absolute atomic E-state index is 12.8. The van der Waals surface area contributed by atoms with Gasteiger partial charge < -0.3 is 0 Å². The number of hydrogen-bond donors (Lipinski definition) is 0. The van der Waals surface area contributed by atoms with Crippen molar-refractivity contribution in [3.63, 3.8) is 0 Å². The fourth-order valence-corrected chi connectivity index (χ4v) is 6.56. The van der Waals surface area contributed by atoms with Crippen molar-refractivity contribution in [3.8, 4) is 11.3 Å². The number of benzene rings is 2. The molecular weight excluding hydrogens is 396 g/mol. The fraction of sp³-hybridized carbons (Fsp3) is 0.333. The Morgan fingerprint density at radius 1 is 1.03 bits per heavy atom. The van der Waals surface area contributed by atoms with Crippen molar-refractivity contribution < 1.29 is 4.79 Å². The van der Waals surface area contributed by atoms with Crippen LogP contribution in [0, 0.1) is 20.8 Å². The Kier molecular flexibility index (Phi) is 4.75. The third-order valence-corrected chi connectivity index (χ3v) is 8.27. The number of anilines is 1. The lowest BCUT2D eigenvalue weighted by Gasteiger charge is -2.21. The number of carbonyl (C=O) groups is 1. The van der Waals surface area contributed by atoms with Gasteiger partial charge >= 0.3 is 0 Å². The number of thioether (sulfide) groups is 1. The van der Waals surface area contributed by atoms with Crippen molar-refractivity contribution in [1.82, 2.24) is 4.98 Å². The average molecular weight is 421 g/mol. The Labute approximate surface area is 180 Å². The summed E-state index contributed by atoms with van der Waals surface area (Å²) in [6.45, 7) is 6.44. The van der Waals surface area contributed by atoms with Crippen molar-refractivity contribution in [1.29, 1.82) is 0 Å².